The lowest BCUT2D eigenvalue weighted by Crippen LogP contribution is -2.10. The van der Waals surface area contributed by atoms with Crippen LogP contribution in [0.1, 0.15) is 23.6 Å². The summed E-state index contributed by atoms with van der Waals surface area (Å²) in [5.41, 5.74) is 3.00. The van der Waals surface area contributed by atoms with Gasteiger partial charge in [-0.05, 0) is 43.0 Å². The van der Waals surface area contributed by atoms with E-state index < -0.39 is 0 Å². The van der Waals surface area contributed by atoms with Crippen molar-refractivity contribution >= 4 is 17.4 Å². The maximum atomic E-state index is 13.0. The molecule has 0 amide bonds. The predicted octanol–water partition coefficient (Wildman–Crippen LogP) is 3.79. The zero-order valence-electron chi connectivity index (χ0n) is 11.6. The van der Waals surface area contributed by atoms with Gasteiger partial charge < -0.3 is 5.32 Å². The molecule has 20 heavy (non-hydrogen) atoms. The molecule has 0 bridgehead atoms. The van der Waals surface area contributed by atoms with Gasteiger partial charge in [0.15, 0.2) is 0 Å². The molecule has 0 radical (unpaired) electrons. The minimum atomic E-state index is -0.199. The summed E-state index contributed by atoms with van der Waals surface area (Å²) in [6.07, 6.45) is 3.03. The van der Waals surface area contributed by atoms with Gasteiger partial charge in [0.2, 0.25) is 0 Å². The van der Waals surface area contributed by atoms with E-state index in [0.717, 1.165) is 35.3 Å². The van der Waals surface area contributed by atoms with Crippen LogP contribution >= 0.6 is 11.6 Å². The van der Waals surface area contributed by atoms with E-state index in [1.165, 1.54) is 12.4 Å². The second-order valence-electron chi connectivity index (χ2n) is 4.59. The topological polar surface area (TPSA) is 37.8 Å². The van der Waals surface area contributed by atoms with E-state index in [1.54, 1.807) is 6.07 Å². The zero-order valence-corrected chi connectivity index (χ0v) is 12.3. The largest absolute Gasteiger partial charge is 0.369 e. The first-order valence-electron chi connectivity index (χ1n) is 6.60. The molecule has 1 aromatic heterocycles. The number of rotatable bonds is 5. The van der Waals surface area contributed by atoms with E-state index in [2.05, 4.69) is 15.3 Å². The van der Waals surface area contributed by atoms with Crippen LogP contribution in [-0.4, -0.2) is 16.5 Å². The molecule has 1 N–H and O–H groups in total. The summed E-state index contributed by atoms with van der Waals surface area (Å²) >= 11 is 6.04. The number of aryl methyl sites for hydroxylation is 1. The molecule has 3 nitrogen and oxygen atoms in total. The maximum absolute atomic E-state index is 13.0. The van der Waals surface area contributed by atoms with Gasteiger partial charge in [0.05, 0.1) is 0 Å². The monoisotopic (exact) mass is 293 g/mol. The van der Waals surface area contributed by atoms with Gasteiger partial charge in [-0.15, -0.1) is 0 Å². The third-order valence-electron chi connectivity index (χ3n) is 3.24. The molecule has 0 aliphatic rings. The molecule has 0 unspecified atom stereocenters. The average molecular weight is 294 g/mol. The molecule has 0 fully saturated rings. The van der Waals surface area contributed by atoms with Crippen LogP contribution in [0.5, 0.6) is 0 Å². The molecule has 2 rings (SSSR count). The summed E-state index contributed by atoms with van der Waals surface area (Å²) in [4.78, 5) is 8.18. The number of nitrogens with zero attached hydrogens (tertiary/aromatic N) is 2. The van der Waals surface area contributed by atoms with E-state index in [0.29, 0.717) is 11.7 Å². The minimum absolute atomic E-state index is 0.199. The van der Waals surface area contributed by atoms with Crippen molar-refractivity contribution in [1.29, 1.82) is 0 Å². The van der Waals surface area contributed by atoms with Crippen LogP contribution < -0.4 is 5.32 Å². The molecule has 1 aromatic carbocycles. The van der Waals surface area contributed by atoms with Crippen LogP contribution in [0.15, 0.2) is 24.5 Å². The first-order valence-corrected chi connectivity index (χ1v) is 6.98. The summed E-state index contributed by atoms with van der Waals surface area (Å²) in [5, 5.41) is 3.75. The van der Waals surface area contributed by atoms with E-state index >= 15 is 0 Å². The van der Waals surface area contributed by atoms with Crippen molar-refractivity contribution in [2.75, 3.05) is 11.9 Å². The van der Waals surface area contributed by atoms with Crippen LogP contribution in [0.25, 0.3) is 0 Å². The molecular formula is C15H17ClFN3. The van der Waals surface area contributed by atoms with Crippen LogP contribution in [0.2, 0.25) is 5.15 Å². The fraction of sp³-hybridized carbons (Fsp3) is 0.333. The molecule has 5 heteroatoms. The summed E-state index contributed by atoms with van der Waals surface area (Å²) in [6, 6.07) is 4.86. The lowest BCUT2D eigenvalue weighted by Gasteiger charge is -2.11. The highest BCUT2D eigenvalue weighted by Crippen LogP contribution is 2.20. The first kappa shape index (κ1) is 14.7. The lowest BCUT2D eigenvalue weighted by molar-refractivity contribution is 0.625. The van der Waals surface area contributed by atoms with E-state index in [-0.39, 0.29) is 5.82 Å². The Morgan fingerprint density at radius 3 is 2.80 bits per heavy atom. The Bertz CT molecular complexity index is 602. The third-order valence-corrected chi connectivity index (χ3v) is 3.56. The number of hydrogen-bond acceptors (Lipinski definition) is 3. The highest BCUT2D eigenvalue weighted by molar-refractivity contribution is 6.30. The third kappa shape index (κ3) is 3.45. The van der Waals surface area contributed by atoms with E-state index in [1.807, 2.05) is 19.9 Å². The van der Waals surface area contributed by atoms with Gasteiger partial charge >= 0.3 is 0 Å². The van der Waals surface area contributed by atoms with E-state index in [4.69, 9.17) is 11.6 Å². The molecule has 0 aliphatic carbocycles. The van der Waals surface area contributed by atoms with Crippen molar-refractivity contribution in [2.24, 2.45) is 0 Å². The number of nitrogens with one attached hydrogen (secondary N) is 1. The Morgan fingerprint density at radius 2 is 2.10 bits per heavy atom. The molecule has 0 spiro atoms. The van der Waals surface area contributed by atoms with Crippen molar-refractivity contribution < 1.29 is 4.39 Å². The average Bonchev–Trinajstić information content (AvgIpc) is 2.41. The van der Waals surface area contributed by atoms with Gasteiger partial charge in [0, 0.05) is 12.1 Å². The fourth-order valence-electron chi connectivity index (χ4n) is 2.11. The highest BCUT2D eigenvalue weighted by Gasteiger charge is 2.07. The van der Waals surface area contributed by atoms with Crippen LogP contribution in [-0.2, 0) is 12.8 Å². The van der Waals surface area contributed by atoms with Gasteiger partial charge in [0.25, 0.3) is 0 Å². The molecule has 106 valence electrons. The second kappa shape index (κ2) is 6.66. The quantitative estimate of drug-likeness (QED) is 0.852. The van der Waals surface area contributed by atoms with E-state index in [9.17, 15) is 4.39 Å². The van der Waals surface area contributed by atoms with Gasteiger partial charge in [-0.2, -0.15) is 0 Å². The van der Waals surface area contributed by atoms with Gasteiger partial charge in [-0.3, -0.25) is 0 Å². The van der Waals surface area contributed by atoms with Crippen molar-refractivity contribution in [3.05, 3.63) is 52.2 Å². The smallest absolute Gasteiger partial charge is 0.137 e. The molecule has 0 saturated heterocycles. The molecule has 2 aromatic rings. The lowest BCUT2D eigenvalue weighted by atomic mass is 10.1. The molecule has 0 atom stereocenters. The SMILES string of the molecule is CCc1c(Cl)ncnc1NCCc1ccc(F)cc1C. The molecular weight excluding hydrogens is 277 g/mol. The fourth-order valence-corrected chi connectivity index (χ4v) is 2.38. The van der Waals surface area contributed by atoms with Gasteiger partial charge in [-0.1, -0.05) is 24.6 Å². The highest BCUT2D eigenvalue weighted by atomic mass is 35.5. The first-order chi connectivity index (χ1) is 9.61. The number of hydrogen-bond donors (Lipinski definition) is 1. The zero-order chi connectivity index (χ0) is 14.5. The van der Waals surface area contributed by atoms with Crippen LogP contribution in [0.3, 0.4) is 0 Å². The number of halogens is 2. The maximum Gasteiger partial charge on any atom is 0.137 e. The van der Waals surface area contributed by atoms with Crippen molar-refractivity contribution in [3.8, 4) is 0 Å². The Kier molecular flexibility index (Phi) is 4.90. The van der Waals surface area contributed by atoms with Crippen molar-refractivity contribution in [1.82, 2.24) is 9.97 Å². The number of anilines is 1. The predicted molar refractivity (Wildman–Crippen MR) is 79.8 cm³/mol. The van der Waals surface area contributed by atoms with Gasteiger partial charge in [-0.25, -0.2) is 14.4 Å². The Labute approximate surface area is 123 Å². The Balaban J connectivity index is 2.01. The Morgan fingerprint density at radius 1 is 1.30 bits per heavy atom. The normalized spacial score (nSPS) is 10.6. The number of aromatic nitrogens is 2. The van der Waals surface area contributed by atoms with Gasteiger partial charge in [0.1, 0.15) is 23.1 Å². The second-order valence-corrected chi connectivity index (χ2v) is 4.95. The van der Waals surface area contributed by atoms with Crippen LogP contribution in [0, 0.1) is 12.7 Å². The minimum Gasteiger partial charge on any atom is -0.369 e. The standard InChI is InChI=1S/C15H17ClFN3/c1-3-13-14(16)19-9-20-15(13)18-7-6-11-4-5-12(17)8-10(11)2/h4-5,8-9H,3,6-7H2,1-2H3,(H,18,19,20). The van der Waals surface area contributed by atoms with Crippen molar-refractivity contribution in [3.63, 3.8) is 0 Å². The van der Waals surface area contributed by atoms with Crippen molar-refractivity contribution in [2.45, 2.75) is 26.7 Å². The summed E-state index contributed by atoms with van der Waals surface area (Å²) in [7, 11) is 0. The molecule has 1 heterocycles. The summed E-state index contributed by atoms with van der Waals surface area (Å²) in [5.74, 6) is 0.572. The Hall–Kier alpha value is -1.68. The van der Waals surface area contributed by atoms with Crippen LogP contribution in [0.4, 0.5) is 10.2 Å². The summed E-state index contributed by atoms with van der Waals surface area (Å²) in [6.45, 7) is 4.64. The number of benzene rings is 1. The summed E-state index contributed by atoms with van der Waals surface area (Å²) < 4.78 is 13.0. The molecule has 0 aliphatic heterocycles. The molecule has 0 saturated carbocycles.